The Morgan fingerprint density at radius 3 is 2.48 bits per heavy atom. The molecule has 4 nitrogen and oxygen atoms in total. The average molecular weight is 357 g/mol. The Morgan fingerprint density at radius 2 is 1.87 bits per heavy atom. The average Bonchev–Trinajstić information content (AvgIpc) is 2.39. The van der Waals surface area contributed by atoms with Gasteiger partial charge in [-0.2, -0.15) is 0 Å². The summed E-state index contributed by atoms with van der Waals surface area (Å²) in [4.78, 5) is 24.2. The molecule has 0 saturated heterocycles. The van der Waals surface area contributed by atoms with Gasteiger partial charge in [0.25, 0.3) is 0 Å². The molecular weight excluding hydrogens is 335 g/mol. The first-order valence-corrected chi connectivity index (χ1v) is 8.49. The molecule has 6 heteroatoms. The monoisotopic (exact) mass is 356 g/mol. The molecule has 1 saturated carbocycles. The van der Waals surface area contributed by atoms with E-state index in [9.17, 15) is 9.59 Å². The van der Waals surface area contributed by atoms with Crippen LogP contribution in [0.25, 0.3) is 0 Å². The molecule has 0 radical (unpaired) electrons. The minimum Gasteiger partial charge on any atom is -0.345 e. The summed E-state index contributed by atoms with van der Waals surface area (Å²) in [6, 6.07) is 4.71. The molecule has 2 rings (SSSR count). The van der Waals surface area contributed by atoms with E-state index < -0.39 is 11.8 Å². The first-order valence-electron chi connectivity index (χ1n) is 7.73. The van der Waals surface area contributed by atoms with Gasteiger partial charge >= 0.3 is 11.8 Å². The quantitative estimate of drug-likeness (QED) is 0.777. The second kappa shape index (κ2) is 7.10. The predicted molar refractivity (Wildman–Crippen MR) is 93.8 cm³/mol. The summed E-state index contributed by atoms with van der Waals surface area (Å²) in [6.07, 6.45) is 2.90. The summed E-state index contributed by atoms with van der Waals surface area (Å²) in [7, 11) is 0. The molecular formula is C17H22Cl2N2O2. The van der Waals surface area contributed by atoms with Crippen LogP contribution in [0.2, 0.25) is 10.0 Å². The Hall–Kier alpha value is -1.26. The van der Waals surface area contributed by atoms with Gasteiger partial charge in [0, 0.05) is 11.1 Å². The van der Waals surface area contributed by atoms with Crippen LogP contribution in [0.3, 0.4) is 0 Å². The smallest absolute Gasteiger partial charge is 0.313 e. The third-order valence-corrected chi connectivity index (χ3v) is 4.66. The van der Waals surface area contributed by atoms with E-state index in [0.717, 1.165) is 19.3 Å². The van der Waals surface area contributed by atoms with E-state index in [0.29, 0.717) is 21.7 Å². The molecule has 2 atom stereocenters. The molecule has 0 spiro atoms. The van der Waals surface area contributed by atoms with Crippen LogP contribution >= 0.6 is 23.2 Å². The van der Waals surface area contributed by atoms with Gasteiger partial charge in [0.15, 0.2) is 0 Å². The molecule has 0 aliphatic heterocycles. The van der Waals surface area contributed by atoms with Crippen LogP contribution in [0.15, 0.2) is 18.2 Å². The fourth-order valence-corrected chi connectivity index (χ4v) is 3.93. The number of anilines is 1. The van der Waals surface area contributed by atoms with Crippen molar-refractivity contribution in [2.75, 3.05) is 5.32 Å². The zero-order valence-electron chi connectivity index (χ0n) is 13.6. The highest BCUT2D eigenvalue weighted by Crippen LogP contribution is 2.38. The fourth-order valence-electron chi connectivity index (χ4n) is 3.48. The maximum Gasteiger partial charge on any atom is 0.313 e. The Kier molecular flexibility index (Phi) is 5.58. The van der Waals surface area contributed by atoms with Gasteiger partial charge < -0.3 is 10.6 Å². The van der Waals surface area contributed by atoms with E-state index in [1.54, 1.807) is 12.1 Å². The molecule has 0 bridgehead atoms. The summed E-state index contributed by atoms with van der Waals surface area (Å²) in [6.45, 7) is 6.55. The Morgan fingerprint density at radius 1 is 1.17 bits per heavy atom. The van der Waals surface area contributed by atoms with Crippen LogP contribution in [0.4, 0.5) is 5.69 Å². The number of hydrogen-bond donors (Lipinski definition) is 2. The largest absolute Gasteiger partial charge is 0.345 e. The summed E-state index contributed by atoms with van der Waals surface area (Å²) in [5.74, 6) is -0.825. The molecule has 1 aliphatic carbocycles. The van der Waals surface area contributed by atoms with Crippen molar-refractivity contribution >= 4 is 40.7 Å². The van der Waals surface area contributed by atoms with Crippen molar-refractivity contribution in [1.29, 1.82) is 0 Å². The lowest BCUT2D eigenvalue weighted by molar-refractivity contribution is -0.137. The minimum absolute atomic E-state index is 0.0210. The van der Waals surface area contributed by atoms with Crippen LogP contribution in [0.1, 0.15) is 40.0 Å². The number of carbonyl (C=O) groups is 2. The zero-order valence-corrected chi connectivity index (χ0v) is 15.1. The van der Waals surface area contributed by atoms with Crippen molar-refractivity contribution < 1.29 is 9.59 Å². The summed E-state index contributed by atoms with van der Waals surface area (Å²) >= 11 is 11.8. The van der Waals surface area contributed by atoms with Crippen molar-refractivity contribution in [3.8, 4) is 0 Å². The van der Waals surface area contributed by atoms with Gasteiger partial charge in [-0.1, -0.05) is 44.0 Å². The van der Waals surface area contributed by atoms with Gasteiger partial charge in [-0.25, -0.2) is 0 Å². The molecule has 1 aliphatic rings. The lowest BCUT2D eigenvalue weighted by Crippen LogP contribution is -2.46. The van der Waals surface area contributed by atoms with Gasteiger partial charge in [0.05, 0.1) is 10.7 Å². The molecule has 2 amide bonds. The highest BCUT2D eigenvalue weighted by Gasteiger charge is 2.33. The summed E-state index contributed by atoms with van der Waals surface area (Å²) in [5, 5.41) is 6.12. The van der Waals surface area contributed by atoms with E-state index >= 15 is 0 Å². The van der Waals surface area contributed by atoms with Crippen LogP contribution in [-0.4, -0.2) is 17.9 Å². The van der Waals surface area contributed by atoms with Crippen molar-refractivity contribution in [2.45, 2.75) is 46.1 Å². The Labute approximate surface area is 146 Å². The highest BCUT2D eigenvalue weighted by molar-refractivity contribution is 6.42. The Balaban J connectivity index is 1.96. The van der Waals surface area contributed by atoms with E-state index in [1.165, 1.54) is 6.07 Å². The van der Waals surface area contributed by atoms with Gasteiger partial charge in [-0.15, -0.1) is 0 Å². The van der Waals surface area contributed by atoms with Crippen LogP contribution < -0.4 is 10.6 Å². The minimum atomic E-state index is -0.717. The number of hydrogen-bond acceptors (Lipinski definition) is 2. The number of nitrogens with one attached hydrogen (secondary N) is 2. The second-order valence-corrected chi connectivity index (χ2v) is 8.01. The normalized spacial score (nSPS) is 23.2. The molecule has 1 fully saturated rings. The van der Waals surface area contributed by atoms with Crippen molar-refractivity contribution in [3.63, 3.8) is 0 Å². The molecule has 2 unspecified atom stereocenters. The van der Waals surface area contributed by atoms with Gasteiger partial charge in [-0.3, -0.25) is 9.59 Å². The summed E-state index contributed by atoms with van der Waals surface area (Å²) < 4.78 is 0. The molecule has 1 aromatic rings. The van der Waals surface area contributed by atoms with Crippen molar-refractivity contribution in [3.05, 3.63) is 28.2 Å². The number of rotatable bonds is 2. The van der Waals surface area contributed by atoms with E-state index in [-0.39, 0.29) is 11.5 Å². The lowest BCUT2D eigenvalue weighted by atomic mass is 9.70. The third-order valence-electron chi connectivity index (χ3n) is 4.11. The first kappa shape index (κ1) is 18.1. The van der Waals surface area contributed by atoms with Crippen LogP contribution in [0, 0.1) is 11.3 Å². The standard InChI is InChI=1S/C17H22Cl2N2O2/c1-10-6-12(9-17(2,3)8-10)20-15(22)16(23)21-14-5-4-11(18)7-13(14)19/h4-5,7,10,12H,6,8-9H2,1-3H3,(H,20,22)(H,21,23). The maximum absolute atomic E-state index is 12.1. The lowest BCUT2D eigenvalue weighted by Gasteiger charge is -2.39. The van der Waals surface area contributed by atoms with Crippen molar-refractivity contribution in [1.82, 2.24) is 5.32 Å². The predicted octanol–water partition coefficient (Wildman–Crippen LogP) is 4.26. The van der Waals surface area contributed by atoms with E-state index in [2.05, 4.69) is 31.4 Å². The summed E-state index contributed by atoms with van der Waals surface area (Å²) in [5.41, 5.74) is 0.541. The van der Waals surface area contributed by atoms with Crippen LogP contribution in [-0.2, 0) is 9.59 Å². The molecule has 0 aromatic heterocycles. The molecule has 1 aromatic carbocycles. The topological polar surface area (TPSA) is 58.2 Å². The van der Waals surface area contributed by atoms with Gasteiger partial charge in [-0.05, 0) is 48.8 Å². The fraction of sp³-hybridized carbons (Fsp3) is 0.529. The van der Waals surface area contributed by atoms with E-state index in [1.807, 2.05) is 0 Å². The number of carbonyl (C=O) groups excluding carboxylic acids is 2. The molecule has 23 heavy (non-hydrogen) atoms. The zero-order chi connectivity index (χ0) is 17.2. The number of amides is 2. The van der Waals surface area contributed by atoms with Gasteiger partial charge in [0.2, 0.25) is 0 Å². The first-order chi connectivity index (χ1) is 10.7. The van der Waals surface area contributed by atoms with Crippen LogP contribution in [0.5, 0.6) is 0 Å². The number of benzene rings is 1. The molecule has 0 heterocycles. The van der Waals surface area contributed by atoms with Crippen molar-refractivity contribution in [2.24, 2.45) is 11.3 Å². The van der Waals surface area contributed by atoms with Gasteiger partial charge in [0.1, 0.15) is 0 Å². The molecule has 126 valence electrons. The number of halogens is 2. The molecule has 2 N–H and O–H groups in total. The second-order valence-electron chi connectivity index (χ2n) is 7.16. The van der Waals surface area contributed by atoms with E-state index in [4.69, 9.17) is 23.2 Å². The highest BCUT2D eigenvalue weighted by atomic mass is 35.5. The SMILES string of the molecule is CC1CC(NC(=O)C(=O)Nc2ccc(Cl)cc2Cl)CC(C)(C)C1. The Bertz CT molecular complexity index is 617. The third kappa shape index (κ3) is 5.11. The maximum atomic E-state index is 12.1.